The van der Waals surface area contributed by atoms with Crippen LogP contribution >= 0.6 is 0 Å². The summed E-state index contributed by atoms with van der Waals surface area (Å²) in [6.45, 7) is 7.73. The minimum Gasteiger partial charge on any atom is -0.353 e. The summed E-state index contributed by atoms with van der Waals surface area (Å²) in [6, 6.07) is 0.356. The standard InChI is InChI=1S/C9H18NO/c1-4-7-8(5-2)10-9(11)6-3/h8H,3-7H2,1-2H3,(H,10,11). The number of rotatable bonds is 5. The molecular formula is C9H18NO. The average molecular weight is 156 g/mol. The lowest BCUT2D eigenvalue weighted by Gasteiger charge is -2.14. The second kappa shape index (κ2) is 6.20. The normalized spacial score (nSPS) is 12.6. The summed E-state index contributed by atoms with van der Waals surface area (Å²) < 4.78 is 0. The Labute approximate surface area is 69.4 Å². The van der Waals surface area contributed by atoms with E-state index in [2.05, 4.69) is 26.1 Å². The zero-order valence-electron chi connectivity index (χ0n) is 7.52. The zero-order chi connectivity index (χ0) is 8.69. The van der Waals surface area contributed by atoms with Gasteiger partial charge >= 0.3 is 0 Å². The first kappa shape index (κ1) is 10.5. The molecule has 0 bridgehead atoms. The Bertz CT molecular complexity index is 112. The van der Waals surface area contributed by atoms with Crippen LogP contribution in [0.25, 0.3) is 0 Å². The molecule has 0 rings (SSSR count). The van der Waals surface area contributed by atoms with Crippen molar-refractivity contribution in [3.05, 3.63) is 6.92 Å². The van der Waals surface area contributed by atoms with Crippen molar-refractivity contribution < 1.29 is 4.79 Å². The number of hydrogen-bond acceptors (Lipinski definition) is 1. The van der Waals surface area contributed by atoms with Gasteiger partial charge in [0.2, 0.25) is 5.91 Å². The topological polar surface area (TPSA) is 29.1 Å². The van der Waals surface area contributed by atoms with Crippen LogP contribution in [0.3, 0.4) is 0 Å². The highest BCUT2D eigenvalue weighted by atomic mass is 16.1. The summed E-state index contributed by atoms with van der Waals surface area (Å²) >= 11 is 0. The molecule has 1 N–H and O–H groups in total. The van der Waals surface area contributed by atoms with Gasteiger partial charge in [0.1, 0.15) is 0 Å². The predicted molar refractivity (Wildman–Crippen MR) is 47.1 cm³/mol. The van der Waals surface area contributed by atoms with Crippen molar-refractivity contribution in [3.63, 3.8) is 0 Å². The van der Waals surface area contributed by atoms with Gasteiger partial charge in [-0.1, -0.05) is 20.3 Å². The maximum atomic E-state index is 10.9. The molecule has 0 aromatic rings. The summed E-state index contributed by atoms with van der Waals surface area (Å²) in [5, 5.41) is 2.92. The van der Waals surface area contributed by atoms with Crippen molar-refractivity contribution in [2.24, 2.45) is 0 Å². The van der Waals surface area contributed by atoms with E-state index in [-0.39, 0.29) is 5.91 Å². The maximum Gasteiger partial charge on any atom is 0.220 e. The van der Waals surface area contributed by atoms with Crippen LogP contribution in [-0.4, -0.2) is 11.9 Å². The van der Waals surface area contributed by atoms with Gasteiger partial charge < -0.3 is 5.32 Å². The molecular weight excluding hydrogens is 138 g/mol. The van der Waals surface area contributed by atoms with E-state index in [0.29, 0.717) is 12.5 Å². The van der Waals surface area contributed by atoms with Crippen molar-refractivity contribution in [1.82, 2.24) is 5.32 Å². The smallest absolute Gasteiger partial charge is 0.220 e. The molecule has 0 fully saturated rings. The number of hydrogen-bond donors (Lipinski definition) is 1. The summed E-state index contributed by atoms with van der Waals surface area (Å²) in [7, 11) is 0. The van der Waals surface area contributed by atoms with Gasteiger partial charge in [-0.15, -0.1) is 0 Å². The van der Waals surface area contributed by atoms with E-state index in [1.807, 2.05) is 0 Å². The van der Waals surface area contributed by atoms with E-state index < -0.39 is 0 Å². The van der Waals surface area contributed by atoms with Crippen LogP contribution in [-0.2, 0) is 4.79 Å². The molecule has 0 saturated carbocycles. The van der Waals surface area contributed by atoms with Gasteiger partial charge in [-0.3, -0.25) is 4.79 Å². The molecule has 1 atom stereocenters. The Balaban J connectivity index is 3.58. The fourth-order valence-corrected chi connectivity index (χ4v) is 1.03. The van der Waals surface area contributed by atoms with Crippen LogP contribution in [0, 0.1) is 6.92 Å². The molecule has 1 unspecified atom stereocenters. The molecule has 2 nitrogen and oxygen atoms in total. The lowest BCUT2D eigenvalue weighted by atomic mass is 10.1. The molecule has 0 aromatic heterocycles. The van der Waals surface area contributed by atoms with Gasteiger partial charge in [0, 0.05) is 12.5 Å². The van der Waals surface area contributed by atoms with Crippen LogP contribution in [0.2, 0.25) is 0 Å². The minimum absolute atomic E-state index is 0.0605. The molecule has 0 aliphatic rings. The molecule has 1 radical (unpaired) electrons. The van der Waals surface area contributed by atoms with Gasteiger partial charge in [-0.05, 0) is 19.8 Å². The molecule has 0 aliphatic heterocycles. The molecule has 1 amide bonds. The van der Waals surface area contributed by atoms with Crippen LogP contribution in [0.1, 0.15) is 39.5 Å². The van der Waals surface area contributed by atoms with Crippen LogP contribution in [0.5, 0.6) is 0 Å². The highest BCUT2D eigenvalue weighted by Gasteiger charge is 2.06. The van der Waals surface area contributed by atoms with Crippen LogP contribution < -0.4 is 5.32 Å². The third-order valence-electron chi connectivity index (χ3n) is 1.72. The van der Waals surface area contributed by atoms with E-state index in [1.54, 1.807) is 0 Å². The molecule has 0 spiro atoms. The Hall–Kier alpha value is -0.530. The van der Waals surface area contributed by atoms with Crippen molar-refractivity contribution in [2.75, 3.05) is 0 Å². The van der Waals surface area contributed by atoms with E-state index in [1.165, 1.54) is 0 Å². The van der Waals surface area contributed by atoms with Crippen molar-refractivity contribution in [2.45, 2.75) is 45.6 Å². The van der Waals surface area contributed by atoms with Crippen molar-refractivity contribution in [1.29, 1.82) is 0 Å². The van der Waals surface area contributed by atoms with Gasteiger partial charge in [-0.25, -0.2) is 0 Å². The molecule has 2 heteroatoms. The summed E-state index contributed by atoms with van der Waals surface area (Å²) in [4.78, 5) is 10.9. The van der Waals surface area contributed by atoms with E-state index in [4.69, 9.17) is 0 Å². The number of nitrogens with one attached hydrogen (secondary N) is 1. The van der Waals surface area contributed by atoms with E-state index >= 15 is 0 Å². The van der Waals surface area contributed by atoms with Crippen LogP contribution in [0.4, 0.5) is 0 Å². The summed E-state index contributed by atoms with van der Waals surface area (Å²) in [5.74, 6) is 0.0605. The van der Waals surface area contributed by atoms with Crippen molar-refractivity contribution in [3.8, 4) is 0 Å². The average Bonchev–Trinajstić information content (AvgIpc) is 2.03. The fraction of sp³-hybridized carbons (Fsp3) is 0.778. The fourth-order valence-electron chi connectivity index (χ4n) is 1.03. The third-order valence-corrected chi connectivity index (χ3v) is 1.72. The number of amides is 1. The number of carbonyl (C=O) groups excluding carboxylic acids is 1. The molecule has 0 aliphatic carbocycles. The SMILES string of the molecule is [CH2]CC(=O)NC(CC)CCC. The van der Waals surface area contributed by atoms with E-state index in [9.17, 15) is 4.79 Å². The summed E-state index contributed by atoms with van der Waals surface area (Å²) in [5.41, 5.74) is 0. The first-order chi connectivity index (χ1) is 5.24. The highest BCUT2D eigenvalue weighted by Crippen LogP contribution is 2.00. The monoisotopic (exact) mass is 156 g/mol. The highest BCUT2D eigenvalue weighted by molar-refractivity contribution is 5.76. The first-order valence-corrected chi connectivity index (χ1v) is 4.33. The van der Waals surface area contributed by atoms with Gasteiger partial charge in [0.15, 0.2) is 0 Å². The second-order valence-electron chi connectivity index (χ2n) is 2.71. The van der Waals surface area contributed by atoms with Crippen LogP contribution in [0.15, 0.2) is 0 Å². The lowest BCUT2D eigenvalue weighted by molar-refractivity contribution is -0.121. The predicted octanol–water partition coefficient (Wildman–Crippen LogP) is 1.91. The van der Waals surface area contributed by atoms with Gasteiger partial charge in [0.05, 0.1) is 0 Å². The van der Waals surface area contributed by atoms with Gasteiger partial charge in [-0.2, -0.15) is 0 Å². The zero-order valence-corrected chi connectivity index (χ0v) is 7.52. The molecule has 0 saturated heterocycles. The lowest BCUT2D eigenvalue weighted by Crippen LogP contribution is -2.33. The first-order valence-electron chi connectivity index (χ1n) is 4.33. The molecule has 65 valence electrons. The Morgan fingerprint density at radius 2 is 2.18 bits per heavy atom. The largest absolute Gasteiger partial charge is 0.353 e. The Morgan fingerprint density at radius 3 is 2.55 bits per heavy atom. The Kier molecular flexibility index (Phi) is 5.90. The maximum absolute atomic E-state index is 10.9. The molecule has 11 heavy (non-hydrogen) atoms. The number of carbonyl (C=O) groups is 1. The minimum atomic E-state index is 0.0605. The third kappa shape index (κ3) is 4.82. The Morgan fingerprint density at radius 1 is 1.55 bits per heavy atom. The second-order valence-corrected chi connectivity index (χ2v) is 2.71. The van der Waals surface area contributed by atoms with Crippen molar-refractivity contribution >= 4 is 5.91 Å². The van der Waals surface area contributed by atoms with Gasteiger partial charge in [0.25, 0.3) is 0 Å². The molecule has 0 aromatic carbocycles. The summed E-state index contributed by atoms with van der Waals surface area (Å²) in [6.07, 6.45) is 3.55. The molecule has 0 heterocycles. The van der Waals surface area contributed by atoms with E-state index in [0.717, 1.165) is 19.3 Å². The quantitative estimate of drug-likeness (QED) is 0.647.